The van der Waals surface area contributed by atoms with Gasteiger partial charge in [-0.15, -0.1) is 11.6 Å². The van der Waals surface area contributed by atoms with E-state index in [9.17, 15) is 13.2 Å². The molecule has 0 unspecified atom stereocenters. The van der Waals surface area contributed by atoms with E-state index >= 15 is 0 Å². The Hall–Kier alpha value is 0.0400. The molecule has 1 rings (SSSR count). The number of hydrogen-bond donors (Lipinski definition) is 0. The van der Waals surface area contributed by atoms with Gasteiger partial charge in [-0.2, -0.15) is 13.2 Å². The second-order valence-corrected chi connectivity index (χ2v) is 4.05. The van der Waals surface area contributed by atoms with Crippen molar-refractivity contribution in [3.8, 4) is 0 Å². The van der Waals surface area contributed by atoms with Crippen LogP contribution in [0.4, 0.5) is 13.2 Å². The highest BCUT2D eigenvalue weighted by molar-refractivity contribution is 6.18. The summed E-state index contributed by atoms with van der Waals surface area (Å²) in [6.07, 6.45) is -1.59. The number of nitrogens with zero attached hydrogens (tertiary/aromatic N) is 1. The molecule has 0 aromatic carbocycles. The fourth-order valence-electron chi connectivity index (χ4n) is 1.61. The van der Waals surface area contributed by atoms with Gasteiger partial charge in [-0.05, 0) is 12.8 Å². The highest BCUT2D eigenvalue weighted by atomic mass is 35.5. The zero-order chi connectivity index (χ0) is 10.6. The Balaban J connectivity index is 2.27. The van der Waals surface area contributed by atoms with E-state index in [1.807, 2.05) is 4.90 Å². The van der Waals surface area contributed by atoms with E-state index in [4.69, 9.17) is 11.6 Å². The molecule has 1 saturated carbocycles. The first-order valence-electron chi connectivity index (χ1n) is 4.89. The molecule has 0 saturated heterocycles. The Labute approximate surface area is 87.2 Å². The van der Waals surface area contributed by atoms with Crippen LogP contribution in [0.5, 0.6) is 0 Å². The second-order valence-electron chi connectivity index (χ2n) is 3.67. The molecule has 0 aromatic rings. The van der Waals surface area contributed by atoms with Crippen molar-refractivity contribution >= 4 is 11.6 Å². The molecule has 0 radical (unpaired) electrons. The fraction of sp³-hybridized carbons (Fsp3) is 1.00. The monoisotopic (exact) mass is 229 g/mol. The van der Waals surface area contributed by atoms with Crippen LogP contribution in [0.1, 0.15) is 25.7 Å². The molecule has 1 nitrogen and oxygen atoms in total. The Bertz CT molecular complexity index is 168. The van der Waals surface area contributed by atoms with E-state index in [2.05, 4.69) is 0 Å². The molecule has 0 heterocycles. The fourth-order valence-corrected chi connectivity index (χ4v) is 1.82. The van der Waals surface area contributed by atoms with Crippen LogP contribution in [0, 0.1) is 0 Å². The van der Waals surface area contributed by atoms with Crippen molar-refractivity contribution in [3.05, 3.63) is 0 Å². The molecule has 0 amide bonds. The Morgan fingerprint density at radius 3 is 2.21 bits per heavy atom. The van der Waals surface area contributed by atoms with Crippen molar-refractivity contribution in [1.82, 2.24) is 4.90 Å². The summed E-state index contributed by atoms with van der Waals surface area (Å²) in [5.41, 5.74) is 0. The van der Waals surface area contributed by atoms with Crippen molar-refractivity contribution in [2.45, 2.75) is 37.9 Å². The highest BCUT2D eigenvalue weighted by Crippen LogP contribution is 2.27. The molecular weight excluding hydrogens is 215 g/mol. The lowest BCUT2D eigenvalue weighted by Crippen LogP contribution is -2.42. The lowest BCUT2D eigenvalue weighted by Gasteiger charge is -2.37. The maximum atomic E-state index is 12.0. The summed E-state index contributed by atoms with van der Waals surface area (Å²) in [5, 5.41) is 0. The minimum Gasteiger partial charge on any atom is -0.299 e. The van der Waals surface area contributed by atoms with Crippen molar-refractivity contribution in [1.29, 1.82) is 0 Å². The molecule has 0 N–H and O–H groups in total. The van der Waals surface area contributed by atoms with Crippen molar-refractivity contribution in [2.24, 2.45) is 0 Å². The maximum Gasteiger partial charge on any atom is 0.390 e. The summed E-state index contributed by atoms with van der Waals surface area (Å²) in [4.78, 5) is 1.87. The molecule has 1 aliphatic rings. The van der Waals surface area contributed by atoms with Gasteiger partial charge in [0.2, 0.25) is 0 Å². The van der Waals surface area contributed by atoms with Gasteiger partial charge in [0.25, 0.3) is 0 Å². The number of alkyl halides is 4. The van der Waals surface area contributed by atoms with E-state index < -0.39 is 12.6 Å². The second kappa shape index (κ2) is 5.21. The molecule has 0 spiro atoms. The standard InChI is InChI=1S/C9H15ClF3N/c10-5-7-14(8-2-1-3-8)6-4-9(11,12)13/h8H,1-7H2. The third kappa shape index (κ3) is 4.05. The average Bonchev–Trinajstić information content (AvgIpc) is 1.95. The van der Waals surface area contributed by atoms with Gasteiger partial charge in [0.05, 0.1) is 6.42 Å². The molecular formula is C9H15ClF3N. The smallest absolute Gasteiger partial charge is 0.299 e. The van der Waals surface area contributed by atoms with E-state index in [1.54, 1.807) is 0 Å². The van der Waals surface area contributed by atoms with Gasteiger partial charge in [-0.3, -0.25) is 4.90 Å². The third-order valence-electron chi connectivity index (χ3n) is 2.65. The summed E-state index contributed by atoms with van der Waals surface area (Å²) in [6, 6.07) is 0.344. The SMILES string of the molecule is FC(F)(F)CCN(CCCl)C1CCC1. The Morgan fingerprint density at radius 1 is 1.21 bits per heavy atom. The molecule has 0 atom stereocenters. The van der Waals surface area contributed by atoms with Crippen LogP contribution in [-0.2, 0) is 0 Å². The van der Waals surface area contributed by atoms with Gasteiger partial charge >= 0.3 is 6.18 Å². The van der Waals surface area contributed by atoms with Crippen LogP contribution in [0.25, 0.3) is 0 Å². The number of halogens is 4. The van der Waals surface area contributed by atoms with Crippen molar-refractivity contribution in [3.63, 3.8) is 0 Å². The van der Waals surface area contributed by atoms with E-state index in [0.717, 1.165) is 19.3 Å². The zero-order valence-electron chi connectivity index (χ0n) is 7.99. The summed E-state index contributed by atoms with van der Waals surface area (Å²) >= 11 is 5.55. The van der Waals surface area contributed by atoms with E-state index in [1.165, 1.54) is 0 Å². The lowest BCUT2D eigenvalue weighted by atomic mass is 9.91. The molecule has 0 bridgehead atoms. The van der Waals surface area contributed by atoms with Crippen LogP contribution in [0.15, 0.2) is 0 Å². The largest absolute Gasteiger partial charge is 0.390 e. The van der Waals surface area contributed by atoms with Gasteiger partial charge in [0.15, 0.2) is 0 Å². The molecule has 14 heavy (non-hydrogen) atoms. The highest BCUT2D eigenvalue weighted by Gasteiger charge is 2.31. The molecule has 84 valence electrons. The van der Waals surface area contributed by atoms with Gasteiger partial charge in [-0.1, -0.05) is 6.42 Å². The molecule has 5 heteroatoms. The number of hydrogen-bond acceptors (Lipinski definition) is 1. The molecule has 1 fully saturated rings. The first-order chi connectivity index (χ1) is 6.53. The van der Waals surface area contributed by atoms with Crippen molar-refractivity contribution in [2.75, 3.05) is 19.0 Å². The Morgan fingerprint density at radius 2 is 1.86 bits per heavy atom. The Kier molecular flexibility index (Phi) is 4.51. The van der Waals surface area contributed by atoms with Crippen molar-refractivity contribution < 1.29 is 13.2 Å². The number of rotatable bonds is 5. The van der Waals surface area contributed by atoms with Crippen LogP contribution in [-0.4, -0.2) is 36.1 Å². The maximum absolute atomic E-state index is 12.0. The molecule has 0 aliphatic heterocycles. The summed E-state index contributed by atoms with van der Waals surface area (Å²) in [7, 11) is 0. The zero-order valence-corrected chi connectivity index (χ0v) is 8.74. The summed E-state index contributed by atoms with van der Waals surface area (Å²) < 4.78 is 35.9. The minimum absolute atomic E-state index is 0.0981. The minimum atomic E-state index is -4.05. The average molecular weight is 230 g/mol. The lowest BCUT2D eigenvalue weighted by molar-refractivity contribution is -0.139. The van der Waals surface area contributed by atoms with Gasteiger partial charge < -0.3 is 0 Å². The van der Waals surface area contributed by atoms with Gasteiger partial charge in [0.1, 0.15) is 0 Å². The molecule has 0 aromatic heterocycles. The van der Waals surface area contributed by atoms with E-state index in [-0.39, 0.29) is 6.54 Å². The van der Waals surface area contributed by atoms with Gasteiger partial charge in [0, 0.05) is 25.0 Å². The molecule has 1 aliphatic carbocycles. The first-order valence-corrected chi connectivity index (χ1v) is 5.43. The predicted molar refractivity (Wildman–Crippen MR) is 50.6 cm³/mol. The van der Waals surface area contributed by atoms with E-state index in [0.29, 0.717) is 18.5 Å². The first kappa shape index (κ1) is 12.1. The normalized spacial score (nSPS) is 18.6. The quantitative estimate of drug-likeness (QED) is 0.655. The predicted octanol–water partition coefficient (Wildman–Crippen LogP) is 3.03. The topological polar surface area (TPSA) is 3.24 Å². The summed E-state index contributed by atoms with van der Waals surface area (Å²) in [5.74, 6) is 0.411. The van der Waals surface area contributed by atoms with Crippen LogP contribution in [0.2, 0.25) is 0 Å². The van der Waals surface area contributed by atoms with Gasteiger partial charge in [-0.25, -0.2) is 0 Å². The van der Waals surface area contributed by atoms with Crippen LogP contribution in [0.3, 0.4) is 0 Å². The van der Waals surface area contributed by atoms with Crippen LogP contribution < -0.4 is 0 Å². The van der Waals surface area contributed by atoms with Crippen LogP contribution >= 0.6 is 11.6 Å². The summed E-state index contributed by atoms with van der Waals surface area (Å²) in [6.45, 7) is 0.670. The third-order valence-corrected chi connectivity index (χ3v) is 2.81.